The zero-order valence-electron chi connectivity index (χ0n) is 18.6. The lowest BCUT2D eigenvalue weighted by Gasteiger charge is -2.29. The number of allylic oxidation sites excluding steroid dienone is 3. The lowest BCUT2D eigenvalue weighted by molar-refractivity contribution is -0.113. The normalized spacial score (nSPS) is 17.9. The van der Waals surface area contributed by atoms with E-state index < -0.39 is 0 Å². The number of Topliss-reactive ketones (excluding diaryl/α,β-unsaturated/α-hetero) is 1. The van der Waals surface area contributed by atoms with Crippen molar-refractivity contribution >= 4 is 40.7 Å². The van der Waals surface area contributed by atoms with Gasteiger partial charge in [-0.25, -0.2) is 0 Å². The van der Waals surface area contributed by atoms with Gasteiger partial charge in [0.05, 0.1) is 33.7 Å². The van der Waals surface area contributed by atoms with E-state index in [2.05, 4.69) is 11.4 Å². The van der Waals surface area contributed by atoms with E-state index in [1.54, 1.807) is 35.6 Å². The molecule has 0 aliphatic carbocycles. The van der Waals surface area contributed by atoms with Crippen LogP contribution in [0.1, 0.15) is 57.3 Å². The largest absolute Gasteiger partial charge is 0.353 e. The topological polar surface area (TPSA) is 90.3 Å². The van der Waals surface area contributed by atoms with Gasteiger partial charge in [0.25, 0.3) is 11.8 Å². The minimum atomic E-state index is -0.382. The van der Waals surface area contributed by atoms with E-state index in [4.69, 9.17) is 0 Å². The van der Waals surface area contributed by atoms with Crippen LogP contribution in [0.15, 0.2) is 57.6 Å². The van der Waals surface area contributed by atoms with Gasteiger partial charge in [-0.15, -0.1) is 23.1 Å². The molecule has 0 bridgehead atoms. The molecule has 168 valence electrons. The van der Waals surface area contributed by atoms with Gasteiger partial charge in [-0.2, -0.15) is 5.26 Å². The molecule has 4 rings (SSSR count). The van der Waals surface area contributed by atoms with Crippen LogP contribution < -0.4 is 5.32 Å². The third kappa shape index (κ3) is 4.14. The van der Waals surface area contributed by atoms with Gasteiger partial charge in [0, 0.05) is 28.4 Å². The quantitative estimate of drug-likeness (QED) is 0.457. The molecule has 2 amide bonds. The Bertz CT molecular complexity index is 1230. The van der Waals surface area contributed by atoms with Crippen molar-refractivity contribution in [3.63, 3.8) is 0 Å². The van der Waals surface area contributed by atoms with Gasteiger partial charge < -0.3 is 5.32 Å². The molecule has 8 heteroatoms. The molecule has 1 atom stereocenters. The number of amides is 2. The average Bonchev–Trinajstić information content (AvgIpc) is 3.32. The minimum absolute atomic E-state index is 0.0553. The third-order valence-electron chi connectivity index (χ3n) is 5.84. The molecule has 0 saturated carbocycles. The molecule has 6 nitrogen and oxygen atoms in total. The summed E-state index contributed by atoms with van der Waals surface area (Å²) in [5, 5.41) is 16.0. The molecule has 0 radical (unpaired) electrons. The van der Waals surface area contributed by atoms with Crippen molar-refractivity contribution in [2.45, 2.75) is 33.1 Å². The molecule has 2 aliphatic rings. The summed E-state index contributed by atoms with van der Waals surface area (Å²) in [5.41, 5.74) is 3.85. The summed E-state index contributed by atoms with van der Waals surface area (Å²) in [4.78, 5) is 39.8. The van der Waals surface area contributed by atoms with Crippen LogP contribution in [0.25, 0.3) is 0 Å². The summed E-state index contributed by atoms with van der Waals surface area (Å²) < 4.78 is 0. The Morgan fingerprint density at radius 3 is 2.39 bits per heavy atom. The Labute approximate surface area is 201 Å². The zero-order valence-corrected chi connectivity index (χ0v) is 20.2. The first-order valence-electron chi connectivity index (χ1n) is 10.6. The minimum Gasteiger partial charge on any atom is -0.353 e. The fourth-order valence-corrected chi connectivity index (χ4v) is 6.34. The summed E-state index contributed by atoms with van der Waals surface area (Å²) in [6, 6.07) is 11.2. The Morgan fingerprint density at radius 1 is 1.18 bits per heavy atom. The van der Waals surface area contributed by atoms with Gasteiger partial charge >= 0.3 is 0 Å². The molecule has 1 aromatic heterocycles. The Hall–Kier alpha value is -3.15. The number of thiophene rings is 1. The fraction of sp³-hybridized carbons (Fsp3) is 0.280. The molecule has 0 fully saturated rings. The lowest BCUT2D eigenvalue weighted by Crippen LogP contribution is -2.31. The second-order valence-electron chi connectivity index (χ2n) is 7.98. The van der Waals surface area contributed by atoms with E-state index in [1.807, 2.05) is 25.3 Å². The number of thioether (sulfide) groups is 1. The van der Waals surface area contributed by atoms with Crippen molar-refractivity contribution in [3.8, 4) is 6.07 Å². The highest BCUT2D eigenvalue weighted by Gasteiger charge is 2.36. The van der Waals surface area contributed by atoms with Crippen molar-refractivity contribution in [2.75, 3.05) is 12.3 Å². The summed E-state index contributed by atoms with van der Waals surface area (Å²) >= 11 is 3.03. The molecular weight excluding hydrogens is 454 g/mol. The van der Waals surface area contributed by atoms with E-state index in [-0.39, 0.29) is 23.5 Å². The van der Waals surface area contributed by atoms with Gasteiger partial charge in [-0.1, -0.05) is 12.1 Å². The lowest BCUT2D eigenvalue weighted by atomic mass is 9.84. The molecule has 0 unspecified atom stereocenters. The number of benzene rings is 1. The van der Waals surface area contributed by atoms with E-state index in [1.165, 1.54) is 23.6 Å². The van der Waals surface area contributed by atoms with Crippen molar-refractivity contribution in [2.24, 2.45) is 0 Å². The Kier molecular flexibility index (Phi) is 6.54. The highest BCUT2D eigenvalue weighted by molar-refractivity contribution is 8.03. The first-order valence-corrected chi connectivity index (χ1v) is 12.5. The van der Waals surface area contributed by atoms with Crippen molar-refractivity contribution in [3.05, 3.63) is 79.2 Å². The maximum absolute atomic E-state index is 12.5. The second-order valence-corrected chi connectivity index (χ2v) is 10.0. The molecule has 0 spiro atoms. The van der Waals surface area contributed by atoms with Crippen LogP contribution in [-0.4, -0.2) is 34.8 Å². The van der Waals surface area contributed by atoms with Gasteiger partial charge in [-0.3, -0.25) is 19.3 Å². The number of imide groups is 1. The van der Waals surface area contributed by atoms with Crippen LogP contribution in [0.2, 0.25) is 0 Å². The number of carbonyl (C=O) groups excluding carboxylic acids is 3. The van der Waals surface area contributed by atoms with Crippen LogP contribution in [0, 0.1) is 18.3 Å². The first kappa shape index (κ1) is 23.0. The monoisotopic (exact) mass is 477 g/mol. The van der Waals surface area contributed by atoms with Crippen LogP contribution in [0.4, 0.5) is 0 Å². The first-order chi connectivity index (χ1) is 15.8. The molecule has 1 N–H and O–H groups in total. The number of fused-ring (bicyclic) bond motifs is 1. The van der Waals surface area contributed by atoms with Gasteiger partial charge in [0.1, 0.15) is 0 Å². The van der Waals surface area contributed by atoms with Gasteiger partial charge in [0.2, 0.25) is 0 Å². The van der Waals surface area contributed by atoms with E-state index >= 15 is 0 Å². The summed E-state index contributed by atoms with van der Waals surface area (Å²) in [6.45, 7) is 5.70. The molecule has 2 aliphatic heterocycles. The number of hydrogen-bond acceptors (Lipinski definition) is 7. The number of rotatable bonds is 7. The molecule has 3 heterocycles. The maximum atomic E-state index is 12.5. The highest BCUT2D eigenvalue weighted by Crippen LogP contribution is 2.43. The number of nitrogens with one attached hydrogen (secondary N) is 1. The SMILES string of the molecule is CC(=O)C1=C(C)NC(SCCCN2C(=O)c3ccccc3C2=O)=C(C#N)[C@@H]1c1sccc1C. The van der Waals surface area contributed by atoms with E-state index in [0.717, 1.165) is 21.2 Å². The fourth-order valence-electron chi connectivity index (χ4n) is 4.27. The van der Waals surface area contributed by atoms with Crippen molar-refractivity contribution in [1.29, 1.82) is 5.26 Å². The number of aryl methyl sites for hydroxylation is 1. The smallest absolute Gasteiger partial charge is 0.261 e. The maximum Gasteiger partial charge on any atom is 0.261 e. The predicted octanol–water partition coefficient (Wildman–Crippen LogP) is 4.76. The zero-order chi connectivity index (χ0) is 23.7. The molecule has 0 saturated heterocycles. The summed E-state index contributed by atoms with van der Waals surface area (Å²) in [6.07, 6.45) is 0.588. The van der Waals surface area contributed by atoms with Crippen molar-refractivity contribution < 1.29 is 14.4 Å². The number of dihydropyridines is 1. The van der Waals surface area contributed by atoms with Crippen LogP contribution in [0.5, 0.6) is 0 Å². The van der Waals surface area contributed by atoms with Crippen LogP contribution in [0.3, 0.4) is 0 Å². The molecule has 1 aromatic carbocycles. The van der Waals surface area contributed by atoms with Crippen LogP contribution >= 0.6 is 23.1 Å². The molecule has 2 aromatic rings. The number of nitrogens with zero attached hydrogens (tertiary/aromatic N) is 2. The number of carbonyl (C=O) groups is 3. The van der Waals surface area contributed by atoms with E-state index in [0.29, 0.717) is 41.0 Å². The summed E-state index contributed by atoms with van der Waals surface area (Å²) in [5.74, 6) is -0.342. The van der Waals surface area contributed by atoms with Gasteiger partial charge in [0.15, 0.2) is 5.78 Å². The average molecular weight is 478 g/mol. The Morgan fingerprint density at radius 2 is 1.85 bits per heavy atom. The number of nitriles is 1. The summed E-state index contributed by atoms with van der Waals surface area (Å²) in [7, 11) is 0. The Balaban J connectivity index is 1.49. The van der Waals surface area contributed by atoms with E-state index in [9.17, 15) is 19.6 Å². The second kappa shape index (κ2) is 9.38. The number of hydrogen-bond donors (Lipinski definition) is 1. The molecule has 33 heavy (non-hydrogen) atoms. The third-order valence-corrected chi connectivity index (χ3v) is 8.03. The number of ketones is 1. The van der Waals surface area contributed by atoms with Crippen LogP contribution in [-0.2, 0) is 4.79 Å². The molecular formula is C25H23N3O3S2. The highest BCUT2D eigenvalue weighted by atomic mass is 32.2. The van der Waals surface area contributed by atoms with Gasteiger partial charge in [-0.05, 0) is 56.3 Å². The standard InChI is InChI=1S/C25H23N3O3S2/c1-14-9-12-32-22(14)21-19(13-26)23(27-15(2)20(21)16(3)29)33-11-6-10-28-24(30)17-7-4-5-8-18(17)25(28)31/h4-5,7-9,12,21,27H,6,10-11H2,1-3H3/t21-/m0/s1. The predicted molar refractivity (Wildman–Crippen MR) is 130 cm³/mol. The van der Waals surface area contributed by atoms with Crippen molar-refractivity contribution in [1.82, 2.24) is 10.2 Å².